The van der Waals surface area contributed by atoms with Crippen molar-refractivity contribution in [2.45, 2.75) is 37.8 Å². The molecule has 0 fully saturated rings. The molecular formula is C24H23F3N2O3S. The summed E-state index contributed by atoms with van der Waals surface area (Å²) in [5, 5.41) is 2.40. The number of hydrogen-bond acceptors (Lipinski definition) is 3. The minimum absolute atomic E-state index is 0.0328. The Hall–Kier alpha value is -3.33. The van der Waals surface area contributed by atoms with Gasteiger partial charge in [0.25, 0.3) is 15.9 Å². The third-order valence-electron chi connectivity index (χ3n) is 5.04. The molecule has 9 heteroatoms. The van der Waals surface area contributed by atoms with Gasteiger partial charge in [0.2, 0.25) is 0 Å². The molecule has 174 valence electrons. The summed E-state index contributed by atoms with van der Waals surface area (Å²) in [6.07, 6.45) is -4.55. The lowest BCUT2D eigenvalue weighted by Gasteiger charge is -2.13. The second-order valence-electron chi connectivity index (χ2n) is 7.89. The quantitative estimate of drug-likeness (QED) is 0.445. The summed E-state index contributed by atoms with van der Waals surface area (Å²) in [5.74, 6) is -0.421. The summed E-state index contributed by atoms with van der Waals surface area (Å²) in [6.45, 7) is 5.66. The highest BCUT2D eigenvalue weighted by molar-refractivity contribution is 7.92. The van der Waals surface area contributed by atoms with Gasteiger partial charge in [-0.3, -0.25) is 9.52 Å². The van der Waals surface area contributed by atoms with Crippen molar-refractivity contribution in [3.8, 4) is 0 Å². The van der Waals surface area contributed by atoms with E-state index in [1.54, 1.807) is 19.1 Å². The summed E-state index contributed by atoms with van der Waals surface area (Å²) in [4.78, 5) is 12.6. The molecule has 0 saturated carbocycles. The number of benzene rings is 3. The standard InChI is InChI=1S/C24H23F3N2O3S/c1-15(2)17-8-10-19(11-9-17)29-33(31,32)21-12-7-16(3)22(14-21)23(30)28-20-6-4-5-18(13-20)24(25,26)27/h4-15,29H,1-3H3,(H,28,30). The first kappa shape index (κ1) is 24.3. The summed E-state index contributed by atoms with van der Waals surface area (Å²) >= 11 is 0. The molecule has 3 aromatic rings. The van der Waals surface area contributed by atoms with Gasteiger partial charge in [-0.05, 0) is 66.4 Å². The number of aryl methyl sites for hydroxylation is 1. The fraction of sp³-hybridized carbons (Fsp3) is 0.208. The van der Waals surface area contributed by atoms with E-state index in [0.29, 0.717) is 17.2 Å². The lowest BCUT2D eigenvalue weighted by atomic mass is 10.0. The third kappa shape index (κ3) is 5.92. The van der Waals surface area contributed by atoms with Crippen molar-refractivity contribution in [2.75, 3.05) is 10.0 Å². The topological polar surface area (TPSA) is 75.3 Å². The van der Waals surface area contributed by atoms with Gasteiger partial charge in [-0.1, -0.05) is 38.1 Å². The highest BCUT2D eigenvalue weighted by Gasteiger charge is 2.30. The molecule has 2 N–H and O–H groups in total. The van der Waals surface area contributed by atoms with Gasteiger partial charge in [-0.15, -0.1) is 0 Å². The van der Waals surface area contributed by atoms with E-state index in [1.807, 2.05) is 26.0 Å². The summed E-state index contributed by atoms with van der Waals surface area (Å²) in [7, 11) is -4.00. The van der Waals surface area contributed by atoms with Crippen LogP contribution in [0.5, 0.6) is 0 Å². The molecule has 0 aliphatic rings. The molecule has 0 spiro atoms. The lowest BCUT2D eigenvalue weighted by molar-refractivity contribution is -0.137. The zero-order chi connectivity index (χ0) is 24.4. The first-order valence-corrected chi connectivity index (χ1v) is 11.6. The number of amides is 1. The maximum absolute atomic E-state index is 12.9. The molecule has 0 unspecified atom stereocenters. The molecule has 33 heavy (non-hydrogen) atoms. The van der Waals surface area contributed by atoms with Crippen LogP contribution in [-0.2, 0) is 16.2 Å². The normalized spacial score (nSPS) is 12.0. The number of carbonyl (C=O) groups is 1. The average Bonchev–Trinajstić information content (AvgIpc) is 2.73. The van der Waals surface area contributed by atoms with Crippen LogP contribution in [0.2, 0.25) is 0 Å². The number of alkyl halides is 3. The fourth-order valence-electron chi connectivity index (χ4n) is 3.13. The highest BCUT2D eigenvalue weighted by Crippen LogP contribution is 2.31. The van der Waals surface area contributed by atoms with E-state index >= 15 is 0 Å². The van der Waals surface area contributed by atoms with E-state index < -0.39 is 27.7 Å². The van der Waals surface area contributed by atoms with Crippen molar-refractivity contribution in [1.29, 1.82) is 0 Å². The molecular weight excluding hydrogens is 453 g/mol. The molecule has 3 aromatic carbocycles. The number of halogens is 3. The molecule has 0 atom stereocenters. The van der Waals surface area contributed by atoms with E-state index in [2.05, 4.69) is 10.0 Å². The average molecular weight is 477 g/mol. The van der Waals surface area contributed by atoms with E-state index in [9.17, 15) is 26.4 Å². The van der Waals surface area contributed by atoms with Crippen LogP contribution in [0.1, 0.15) is 46.8 Å². The first-order chi connectivity index (χ1) is 15.4. The smallest absolute Gasteiger partial charge is 0.322 e. The van der Waals surface area contributed by atoms with Crippen LogP contribution in [0, 0.1) is 6.92 Å². The van der Waals surface area contributed by atoms with Crippen molar-refractivity contribution in [1.82, 2.24) is 0 Å². The molecule has 3 rings (SSSR count). The van der Waals surface area contributed by atoms with Crippen LogP contribution < -0.4 is 10.0 Å². The molecule has 0 heterocycles. The predicted molar refractivity (Wildman–Crippen MR) is 122 cm³/mol. The minimum Gasteiger partial charge on any atom is -0.322 e. The van der Waals surface area contributed by atoms with Gasteiger partial charge < -0.3 is 5.32 Å². The van der Waals surface area contributed by atoms with Gasteiger partial charge in [0.05, 0.1) is 10.5 Å². The fourth-order valence-corrected chi connectivity index (χ4v) is 4.22. The van der Waals surface area contributed by atoms with Crippen molar-refractivity contribution < 1.29 is 26.4 Å². The number of sulfonamides is 1. The van der Waals surface area contributed by atoms with E-state index in [0.717, 1.165) is 17.7 Å². The minimum atomic E-state index is -4.55. The second-order valence-corrected chi connectivity index (χ2v) is 9.57. The van der Waals surface area contributed by atoms with Crippen LogP contribution in [0.25, 0.3) is 0 Å². The molecule has 0 aromatic heterocycles. The summed E-state index contributed by atoms with van der Waals surface area (Å²) in [5.41, 5.74) is 0.980. The van der Waals surface area contributed by atoms with Crippen molar-refractivity contribution in [3.63, 3.8) is 0 Å². The number of nitrogens with one attached hydrogen (secondary N) is 2. The lowest BCUT2D eigenvalue weighted by Crippen LogP contribution is -2.17. The molecule has 1 amide bonds. The Bertz CT molecular complexity index is 1270. The van der Waals surface area contributed by atoms with Crippen LogP contribution in [-0.4, -0.2) is 14.3 Å². The predicted octanol–water partition coefficient (Wildman–Crippen LogP) is 6.19. The Morgan fingerprint density at radius 2 is 1.58 bits per heavy atom. The van der Waals surface area contributed by atoms with Gasteiger partial charge in [0, 0.05) is 16.9 Å². The summed E-state index contributed by atoms with van der Waals surface area (Å²) < 4.78 is 67.0. The largest absolute Gasteiger partial charge is 0.416 e. The highest BCUT2D eigenvalue weighted by atomic mass is 32.2. The number of rotatable bonds is 6. The Morgan fingerprint density at radius 3 is 2.18 bits per heavy atom. The molecule has 0 bridgehead atoms. The number of carbonyl (C=O) groups excluding carboxylic acids is 1. The second kappa shape index (κ2) is 9.27. The van der Waals surface area contributed by atoms with Gasteiger partial charge in [-0.25, -0.2) is 8.42 Å². The zero-order valence-electron chi connectivity index (χ0n) is 18.2. The van der Waals surface area contributed by atoms with E-state index in [4.69, 9.17) is 0 Å². The monoisotopic (exact) mass is 476 g/mol. The van der Waals surface area contributed by atoms with Gasteiger partial charge >= 0.3 is 6.18 Å². The number of hydrogen-bond donors (Lipinski definition) is 2. The zero-order valence-corrected chi connectivity index (χ0v) is 19.0. The molecule has 0 saturated heterocycles. The first-order valence-electron chi connectivity index (χ1n) is 10.1. The SMILES string of the molecule is Cc1ccc(S(=O)(=O)Nc2ccc(C(C)C)cc2)cc1C(=O)Nc1cccc(C(F)(F)F)c1. The summed E-state index contributed by atoms with van der Waals surface area (Å²) in [6, 6.07) is 15.2. The van der Waals surface area contributed by atoms with Crippen molar-refractivity contribution in [3.05, 3.63) is 89.0 Å². The molecule has 0 aliphatic heterocycles. The van der Waals surface area contributed by atoms with Gasteiger partial charge in [0.15, 0.2) is 0 Å². The van der Waals surface area contributed by atoms with E-state index in [-0.39, 0.29) is 16.1 Å². The maximum Gasteiger partial charge on any atom is 0.416 e. The molecule has 0 aliphatic carbocycles. The van der Waals surface area contributed by atoms with Crippen LogP contribution in [0.3, 0.4) is 0 Å². The van der Waals surface area contributed by atoms with Crippen LogP contribution in [0.4, 0.5) is 24.5 Å². The van der Waals surface area contributed by atoms with E-state index in [1.165, 1.54) is 30.3 Å². The number of anilines is 2. The Balaban J connectivity index is 1.84. The Kier molecular flexibility index (Phi) is 6.83. The van der Waals surface area contributed by atoms with Gasteiger partial charge in [0.1, 0.15) is 0 Å². The third-order valence-corrected chi connectivity index (χ3v) is 6.42. The van der Waals surface area contributed by atoms with Gasteiger partial charge in [-0.2, -0.15) is 13.2 Å². The van der Waals surface area contributed by atoms with Crippen molar-refractivity contribution >= 4 is 27.3 Å². The Morgan fingerprint density at radius 1 is 0.909 bits per heavy atom. The molecule has 0 radical (unpaired) electrons. The molecule has 5 nitrogen and oxygen atoms in total. The van der Waals surface area contributed by atoms with Crippen LogP contribution in [0.15, 0.2) is 71.6 Å². The Labute approximate surface area is 190 Å². The van der Waals surface area contributed by atoms with Crippen molar-refractivity contribution in [2.24, 2.45) is 0 Å². The maximum atomic E-state index is 12.9. The van der Waals surface area contributed by atoms with Crippen LogP contribution >= 0.6 is 0 Å².